The molecule has 3 aromatic rings. The fourth-order valence-corrected chi connectivity index (χ4v) is 3.58. The highest BCUT2D eigenvalue weighted by Crippen LogP contribution is 2.31. The van der Waals surface area contributed by atoms with Crippen molar-refractivity contribution in [3.8, 4) is 11.4 Å². The SMILES string of the molecule is COC(=O)CSc1nc2ccccc2c(=O)n1-c1cc(C)c(Cl)cc1OC. The third-order valence-corrected chi connectivity index (χ3v) is 5.31. The molecule has 140 valence electrons. The third kappa shape index (κ3) is 3.79. The molecule has 0 saturated heterocycles. The van der Waals surface area contributed by atoms with Crippen molar-refractivity contribution in [2.24, 2.45) is 0 Å². The number of rotatable bonds is 5. The van der Waals surface area contributed by atoms with Gasteiger partial charge in [-0.15, -0.1) is 0 Å². The molecular formula is C19H17ClN2O4S. The summed E-state index contributed by atoms with van der Waals surface area (Å²) < 4.78 is 11.6. The second-order valence-corrected chi connectivity index (χ2v) is 7.04. The number of methoxy groups -OCH3 is 2. The number of halogens is 1. The van der Waals surface area contributed by atoms with Gasteiger partial charge in [0.2, 0.25) is 0 Å². The van der Waals surface area contributed by atoms with Crippen molar-refractivity contribution in [1.29, 1.82) is 0 Å². The molecule has 0 atom stereocenters. The average Bonchev–Trinajstić information content (AvgIpc) is 2.68. The Labute approximate surface area is 165 Å². The van der Waals surface area contributed by atoms with Crippen molar-refractivity contribution in [1.82, 2.24) is 9.55 Å². The highest BCUT2D eigenvalue weighted by molar-refractivity contribution is 7.99. The van der Waals surface area contributed by atoms with Crippen LogP contribution in [0, 0.1) is 6.92 Å². The number of benzene rings is 2. The maximum absolute atomic E-state index is 13.2. The van der Waals surface area contributed by atoms with E-state index < -0.39 is 5.97 Å². The molecule has 0 saturated carbocycles. The van der Waals surface area contributed by atoms with Crippen LogP contribution in [0.25, 0.3) is 16.6 Å². The minimum Gasteiger partial charge on any atom is -0.495 e. The van der Waals surface area contributed by atoms with Crippen molar-refractivity contribution in [3.63, 3.8) is 0 Å². The lowest BCUT2D eigenvalue weighted by Gasteiger charge is -2.17. The van der Waals surface area contributed by atoms with Gasteiger partial charge in [0.1, 0.15) is 5.75 Å². The van der Waals surface area contributed by atoms with Gasteiger partial charge in [-0.2, -0.15) is 0 Å². The van der Waals surface area contributed by atoms with Gasteiger partial charge >= 0.3 is 5.97 Å². The van der Waals surface area contributed by atoms with Crippen LogP contribution in [0.2, 0.25) is 5.02 Å². The first-order chi connectivity index (χ1) is 13.0. The predicted molar refractivity (Wildman–Crippen MR) is 106 cm³/mol. The number of carbonyl (C=O) groups excluding carboxylic acids is 1. The highest BCUT2D eigenvalue weighted by atomic mass is 35.5. The molecule has 0 aliphatic carbocycles. The molecule has 0 radical (unpaired) electrons. The number of hydrogen-bond acceptors (Lipinski definition) is 6. The van der Waals surface area contributed by atoms with Crippen LogP contribution in [0.4, 0.5) is 0 Å². The Morgan fingerprint density at radius 3 is 2.70 bits per heavy atom. The van der Waals surface area contributed by atoms with Crippen molar-refractivity contribution < 1.29 is 14.3 Å². The summed E-state index contributed by atoms with van der Waals surface area (Å²) in [7, 11) is 2.82. The van der Waals surface area contributed by atoms with E-state index in [1.165, 1.54) is 18.8 Å². The van der Waals surface area contributed by atoms with Crippen LogP contribution in [-0.4, -0.2) is 35.5 Å². The van der Waals surface area contributed by atoms with Crippen molar-refractivity contribution in [2.75, 3.05) is 20.0 Å². The monoisotopic (exact) mass is 404 g/mol. The van der Waals surface area contributed by atoms with Crippen molar-refractivity contribution in [2.45, 2.75) is 12.1 Å². The molecule has 27 heavy (non-hydrogen) atoms. The molecule has 3 rings (SSSR count). The number of aromatic nitrogens is 2. The Morgan fingerprint density at radius 2 is 2.00 bits per heavy atom. The summed E-state index contributed by atoms with van der Waals surface area (Å²) in [4.78, 5) is 29.4. The molecule has 6 nitrogen and oxygen atoms in total. The lowest BCUT2D eigenvalue weighted by atomic mass is 10.2. The normalized spacial score (nSPS) is 10.8. The molecule has 1 heterocycles. The molecule has 0 spiro atoms. The summed E-state index contributed by atoms with van der Waals surface area (Å²) in [5, 5.41) is 1.36. The molecule has 1 aromatic heterocycles. The van der Waals surface area contributed by atoms with Gasteiger partial charge in [-0.05, 0) is 30.7 Å². The minimum atomic E-state index is -0.409. The minimum absolute atomic E-state index is 0.0240. The molecule has 0 aliphatic rings. The first-order valence-corrected chi connectivity index (χ1v) is 9.38. The Morgan fingerprint density at radius 1 is 1.26 bits per heavy atom. The van der Waals surface area contributed by atoms with Gasteiger partial charge in [0.05, 0.1) is 36.6 Å². The lowest BCUT2D eigenvalue weighted by Crippen LogP contribution is -2.23. The number of para-hydroxylation sites is 1. The maximum atomic E-state index is 13.2. The number of fused-ring (bicyclic) bond motifs is 1. The molecule has 0 amide bonds. The maximum Gasteiger partial charge on any atom is 0.316 e. The summed E-state index contributed by atoms with van der Waals surface area (Å²) in [6.07, 6.45) is 0. The Balaban J connectivity index is 2.30. The van der Waals surface area contributed by atoms with Gasteiger partial charge in [-0.3, -0.25) is 14.2 Å². The summed E-state index contributed by atoms with van der Waals surface area (Å²) in [6.45, 7) is 1.84. The Kier molecular flexibility index (Phi) is 5.72. The van der Waals surface area contributed by atoms with Crippen LogP contribution in [0.3, 0.4) is 0 Å². The summed E-state index contributed by atoms with van der Waals surface area (Å²) in [5.74, 6) is 0.0498. The zero-order valence-electron chi connectivity index (χ0n) is 15.0. The quantitative estimate of drug-likeness (QED) is 0.367. The number of hydrogen-bond donors (Lipinski definition) is 0. The van der Waals surface area contributed by atoms with Crippen LogP contribution in [-0.2, 0) is 9.53 Å². The topological polar surface area (TPSA) is 70.4 Å². The fraction of sp³-hybridized carbons (Fsp3) is 0.211. The predicted octanol–water partition coefficient (Wildman–Crippen LogP) is 3.62. The van der Waals surface area contributed by atoms with Crippen LogP contribution in [0.15, 0.2) is 46.3 Å². The van der Waals surface area contributed by atoms with E-state index >= 15 is 0 Å². The molecule has 2 aromatic carbocycles. The fourth-order valence-electron chi connectivity index (χ4n) is 2.59. The Hall–Kier alpha value is -2.51. The number of esters is 1. The molecule has 0 fully saturated rings. The second kappa shape index (κ2) is 8.02. The first-order valence-electron chi connectivity index (χ1n) is 8.02. The number of ether oxygens (including phenoxy) is 2. The number of carbonyl (C=O) groups is 1. The number of nitrogens with zero attached hydrogens (tertiary/aromatic N) is 2. The van der Waals surface area contributed by atoms with Crippen LogP contribution in [0.5, 0.6) is 5.75 Å². The van der Waals surface area contributed by atoms with Crippen LogP contribution < -0.4 is 10.3 Å². The number of thioether (sulfide) groups is 1. The van der Waals surface area contributed by atoms with Gasteiger partial charge in [0, 0.05) is 11.1 Å². The van der Waals surface area contributed by atoms with Gasteiger partial charge in [-0.1, -0.05) is 35.5 Å². The molecule has 0 N–H and O–H groups in total. The van der Waals surface area contributed by atoms with E-state index in [4.69, 9.17) is 21.1 Å². The van der Waals surface area contributed by atoms with E-state index in [0.717, 1.165) is 17.3 Å². The molecular weight excluding hydrogens is 388 g/mol. The summed E-state index contributed by atoms with van der Waals surface area (Å²) >= 11 is 7.32. The molecule has 0 aliphatic heterocycles. The highest BCUT2D eigenvalue weighted by Gasteiger charge is 2.18. The van der Waals surface area contributed by atoms with E-state index in [1.54, 1.807) is 36.4 Å². The van der Waals surface area contributed by atoms with E-state index in [0.29, 0.717) is 32.5 Å². The molecule has 0 bridgehead atoms. The van der Waals surface area contributed by atoms with Crippen LogP contribution in [0.1, 0.15) is 5.56 Å². The van der Waals surface area contributed by atoms with Crippen molar-refractivity contribution >= 4 is 40.2 Å². The van der Waals surface area contributed by atoms with E-state index in [2.05, 4.69) is 4.98 Å². The van der Waals surface area contributed by atoms with E-state index in [1.807, 2.05) is 6.92 Å². The average molecular weight is 405 g/mol. The van der Waals surface area contributed by atoms with Gasteiger partial charge in [-0.25, -0.2) is 4.98 Å². The molecule has 8 heteroatoms. The third-order valence-electron chi connectivity index (χ3n) is 3.99. The van der Waals surface area contributed by atoms with Gasteiger partial charge < -0.3 is 9.47 Å². The lowest BCUT2D eigenvalue weighted by molar-refractivity contribution is -0.137. The van der Waals surface area contributed by atoms with Gasteiger partial charge in [0.15, 0.2) is 5.16 Å². The smallest absolute Gasteiger partial charge is 0.316 e. The van der Waals surface area contributed by atoms with Crippen molar-refractivity contribution in [3.05, 3.63) is 57.3 Å². The summed E-state index contributed by atoms with van der Waals surface area (Å²) in [6, 6.07) is 10.5. The largest absolute Gasteiger partial charge is 0.495 e. The summed E-state index contributed by atoms with van der Waals surface area (Å²) in [5.41, 5.74) is 1.59. The van der Waals surface area contributed by atoms with Crippen LogP contribution >= 0.6 is 23.4 Å². The second-order valence-electron chi connectivity index (χ2n) is 5.69. The zero-order chi connectivity index (χ0) is 19.6. The first kappa shape index (κ1) is 19.3. The zero-order valence-corrected chi connectivity index (χ0v) is 16.6. The standard InChI is InChI=1S/C19H17ClN2O4S/c1-11-8-15(16(25-2)9-13(11)20)22-18(24)12-6-4-5-7-14(12)21-19(22)27-10-17(23)26-3/h4-9H,10H2,1-3H3. The Bertz CT molecular complexity index is 1080. The van der Waals surface area contributed by atoms with Gasteiger partial charge in [0.25, 0.3) is 5.56 Å². The van der Waals surface area contributed by atoms with E-state index in [-0.39, 0.29) is 11.3 Å². The molecule has 0 unspecified atom stereocenters. The number of aryl methyl sites for hydroxylation is 1. The van der Waals surface area contributed by atoms with E-state index in [9.17, 15) is 9.59 Å².